The molecule has 0 aromatic rings. The van der Waals surface area contributed by atoms with Crippen molar-refractivity contribution in [1.29, 1.82) is 0 Å². The number of hydrogen-bond donors (Lipinski definition) is 1. The molecule has 0 aromatic heterocycles. The second-order valence-corrected chi connectivity index (χ2v) is 2.70. The molecule has 1 unspecified atom stereocenters. The highest BCUT2D eigenvalue weighted by Gasteiger charge is 2.33. The number of ether oxygens (including phenoxy) is 1. The molecule has 2 aliphatic heterocycles. The molecule has 2 rings (SSSR count). The van der Waals surface area contributed by atoms with Gasteiger partial charge in [-0.1, -0.05) is 12.2 Å². The van der Waals surface area contributed by atoms with Crippen molar-refractivity contribution >= 4 is 0 Å². The van der Waals surface area contributed by atoms with Gasteiger partial charge in [-0.3, -0.25) is 0 Å². The second-order valence-electron chi connectivity index (χ2n) is 2.70. The summed E-state index contributed by atoms with van der Waals surface area (Å²) in [7, 11) is 0. The molecular weight excluding hydrogens is 114 g/mol. The monoisotopic (exact) mass is 125 g/mol. The summed E-state index contributed by atoms with van der Waals surface area (Å²) in [5, 5.41) is 3.28. The van der Waals surface area contributed by atoms with Crippen molar-refractivity contribution in [3.63, 3.8) is 0 Å². The molecule has 50 valence electrons. The molecule has 1 saturated heterocycles. The summed E-state index contributed by atoms with van der Waals surface area (Å²) < 4.78 is 5.53. The molecule has 2 heteroatoms. The Labute approximate surface area is 54.9 Å². The smallest absolute Gasteiger partial charge is 0.100 e. The standard InChI is InChI=1S/C7H11NO/c1-2-7(9-5-1)3-4-8-6-7/h1-2,8H,3-6H2. The molecule has 2 heterocycles. The van der Waals surface area contributed by atoms with Gasteiger partial charge in [0.2, 0.25) is 0 Å². The predicted octanol–water partition coefficient (Wildman–Crippen LogP) is 0.305. The van der Waals surface area contributed by atoms with Gasteiger partial charge in [-0.05, 0) is 13.0 Å². The van der Waals surface area contributed by atoms with E-state index in [1.165, 1.54) is 0 Å². The number of rotatable bonds is 0. The molecule has 0 radical (unpaired) electrons. The lowest BCUT2D eigenvalue weighted by molar-refractivity contribution is 0.0430. The minimum absolute atomic E-state index is 0.0972. The fourth-order valence-electron chi connectivity index (χ4n) is 1.48. The van der Waals surface area contributed by atoms with Gasteiger partial charge in [-0.2, -0.15) is 0 Å². The van der Waals surface area contributed by atoms with Crippen LogP contribution in [0.3, 0.4) is 0 Å². The van der Waals surface area contributed by atoms with Crippen LogP contribution in [0.15, 0.2) is 12.2 Å². The molecule has 1 N–H and O–H groups in total. The van der Waals surface area contributed by atoms with Crippen LogP contribution in [0.4, 0.5) is 0 Å². The Morgan fingerprint density at radius 3 is 3.11 bits per heavy atom. The predicted molar refractivity (Wildman–Crippen MR) is 35.3 cm³/mol. The molecule has 0 aromatic carbocycles. The topological polar surface area (TPSA) is 21.3 Å². The van der Waals surface area contributed by atoms with Crippen LogP contribution in [-0.4, -0.2) is 25.3 Å². The highest BCUT2D eigenvalue weighted by Crippen LogP contribution is 2.24. The third-order valence-electron chi connectivity index (χ3n) is 2.04. The lowest BCUT2D eigenvalue weighted by atomic mass is 10.0. The first-order valence-corrected chi connectivity index (χ1v) is 3.44. The average Bonchev–Trinajstić information content (AvgIpc) is 2.45. The van der Waals surface area contributed by atoms with Gasteiger partial charge in [-0.25, -0.2) is 0 Å². The summed E-state index contributed by atoms with van der Waals surface area (Å²) in [4.78, 5) is 0. The Balaban J connectivity index is 2.13. The molecule has 1 fully saturated rings. The van der Waals surface area contributed by atoms with Crippen LogP contribution in [0.2, 0.25) is 0 Å². The fourth-order valence-corrected chi connectivity index (χ4v) is 1.48. The Morgan fingerprint density at radius 1 is 1.56 bits per heavy atom. The first kappa shape index (κ1) is 5.45. The van der Waals surface area contributed by atoms with Crippen molar-refractivity contribution in [2.24, 2.45) is 0 Å². The molecule has 1 spiro atoms. The van der Waals surface area contributed by atoms with E-state index >= 15 is 0 Å². The maximum absolute atomic E-state index is 5.53. The zero-order valence-electron chi connectivity index (χ0n) is 5.39. The zero-order valence-corrected chi connectivity index (χ0v) is 5.39. The Hall–Kier alpha value is -0.340. The van der Waals surface area contributed by atoms with E-state index in [9.17, 15) is 0 Å². The lowest BCUT2D eigenvalue weighted by Crippen LogP contribution is -2.29. The molecule has 9 heavy (non-hydrogen) atoms. The normalized spacial score (nSPS) is 40.9. The van der Waals surface area contributed by atoms with E-state index in [-0.39, 0.29) is 5.60 Å². The average molecular weight is 125 g/mol. The first-order valence-electron chi connectivity index (χ1n) is 3.44. The summed E-state index contributed by atoms with van der Waals surface area (Å²) in [5.41, 5.74) is 0.0972. The van der Waals surface area contributed by atoms with Crippen LogP contribution in [0, 0.1) is 0 Å². The lowest BCUT2D eigenvalue weighted by Gasteiger charge is -2.18. The highest BCUT2D eigenvalue weighted by atomic mass is 16.5. The summed E-state index contributed by atoms with van der Waals surface area (Å²) in [5.74, 6) is 0. The van der Waals surface area contributed by atoms with Gasteiger partial charge in [0, 0.05) is 6.54 Å². The molecule has 0 amide bonds. The molecule has 0 aliphatic carbocycles. The summed E-state index contributed by atoms with van der Waals surface area (Å²) >= 11 is 0. The van der Waals surface area contributed by atoms with Crippen molar-refractivity contribution in [2.45, 2.75) is 12.0 Å². The number of hydrogen-bond acceptors (Lipinski definition) is 2. The molecular formula is C7H11NO. The van der Waals surface area contributed by atoms with Gasteiger partial charge in [0.25, 0.3) is 0 Å². The van der Waals surface area contributed by atoms with Crippen LogP contribution >= 0.6 is 0 Å². The van der Waals surface area contributed by atoms with Crippen molar-refractivity contribution in [3.05, 3.63) is 12.2 Å². The van der Waals surface area contributed by atoms with E-state index in [0.29, 0.717) is 0 Å². The van der Waals surface area contributed by atoms with E-state index < -0.39 is 0 Å². The van der Waals surface area contributed by atoms with Gasteiger partial charge >= 0.3 is 0 Å². The Kier molecular flexibility index (Phi) is 1.10. The summed E-state index contributed by atoms with van der Waals surface area (Å²) in [6, 6.07) is 0. The highest BCUT2D eigenvalue weighted by molar-refractivity contribution is 5.11. The largest absolute Gasteiger partial charge is 0.365 e. The van der Waals surface area contributed by atoms with Gasteiger partial charge in [0.05, 0.1) is 6.61 Å². The van der Waals surface area contributed by atoms with Crippen LogP contribution < -0.4 is 5.32 Å². The first-order chi connectivity index (χ1) is 4.41. The van der Waals surface area contributed by atoms with Crippen LogP contribution in [0.1, 0.15) is 6.42 Å². The summed E-state index contributed by atoms with van der Waals surface area (Å²) in [6.45, 7) is 2.91. The molecule has 0 bridgehead atoms. The molecule has 2 aliphatic rings. The van der Waals surface area contributed by atoms with Gasteiger partial charge in [0.15, 0.2) is 0 Å². The van der Waals surface area contributed by atoms with E-state index in [2.05, 4.69) is 17.5 Å². The van der Waals surface area contributed by atoms with E-state index in [1.54, 1.807) is 0 Å². The minimum atomic E-state index is 0.0972. The van der Waals surface area contributed by atoms with Crippen LogP contribution in [0.25, 0.3) is 0 Å². The van der Waals surface area contributed by atoms with Crippen molar-refractivity contribution in [1.82, 2.24) is 5.32 Å². The third-order valence-corrected chi connectivity index (χ3v) is 2.04. The zero-order chi connectivity index (χ0) is 6.16. The molecule has 2 nitrogen and oxygen atoms in total. The second kappa shape index (κ2) is 1.82. The van der Waals surface area contributed by atoms with E-state index in [1.807, 2.05) is 0 Å². The SMILES string of the molecule is C1=CC2(CCNC2)OC1. The molecule has 0 saturated carbocycles. The van der Waals surface area contributed by atoms with Gasteiger partial charge in [-0.15, -0.1) is 0 Å². The quantitative estimate of drug-likeness (QED) is 0.470. The third kappa shape index (κ3) is 0.787. The molecule has 1 atom stereocenters. The van der Waals surface area contributed by atoms with Gasteiger partial charge in [0.1, 0.15) is 5.60 Å². The van der Waals surface area contributed by atoms with E-state index in [0.717, 1.165) is 26.1 Å². The Morgan fingerprint density at radius 2 is 2.56 bits per heavy atom. The fraction of sp³-hybridized carbons (Fsp3) is 0.714. The Bertz CT molecular complexity index is 136. The van der Waals surface area contributed by atoms with Crippen molar-refractivity contribution < 1.29 is 4.74 Å². The maximum atomic E-state index is 5.53. The van der Waals surface area contributed by atoms with E-state index in [4.69, 9.17) is 4.74 Å². The summed E-state index contributed by atoms with van der Waals surface area (Å²) in [6.07, 6.45) is 5.43. The van der Waals surface area contributed by atoms with Crippen molar-refractivity contribution in [2.75, 3.05) is 19.7 Å². The van der Waals surface area contributed by atoms with Crippen molar-refractivity contribution in [3.8, 4) is 0 Å². The van der Waals surface area contributed by atoms with Crippen LogP contribution in [0.5, 0.6) is 0 Å². The number of nitrogens with one attached hydrogen (secondary N) is 1. The maximum Gasteiger partial charge on any atom is 0.100 e. The minimum Gasteiger partial charge on any atom is -0.365 e. The van der Waals surface area contributed by atoms with Crippen LogP contribution in [-0.2, 0) is 4.74 Å². The van der Waals surface area contributed by atoms with Gasteiger partial charge < -0.3 is 10.1 Å².